The number of hydrogen-bond acceptors (Lipinski definition) is 2. The van der Waals surface area contributed by atoms with E-state index in [2.05, 4.69) is 58.0 Å². The fourth-order valence-electron chi connectivity index (χ4n) is 3.14. The maximum Gasteiger partial charge on any atom is 0.191 e. The number of aliphatic imine (C=N–C) groups is 1. The molecule has 5 nitrogen and oxygen atoms in total. The van der Waals surface area contributed by atoms with Crippen molar-refractivity contribution in [3.8, 4) is 5.69 Å². The van der Waals surface area contributed by atoms with Crippen LogP contribution in [0.5, 0.6) is 0 Å². The third kappa shape index (κ3) is 4.84. The number of nitrogens with zero attached hydrogens (tertiary/aromatic N) is 3. The Balaban J connectivity index is 1.59. The summed E-state index contributed by atoms with van der Waals surface area (Å²) in [5.74, 6) is 1.85. The zero-order valence-electron chi connectivity index (χ0n) is 15.5. The predicted octanol–water partition coefficient (Wildman–Crippen LogP) is 3.34. The van der Waals surface area contributed by atoms with Crippen LogP contribution in [-0.2, 0) is 6.54 Å². The molecule has 1 fully saturated rings. The summed E-state index contributed by atoms with van der Waals surface area (Å²) in [6.45, 7) is 5.81. The molecule has 3 rings (SSSR count). The molecule has 1 aromatic heterocycles. The number of nitrogens with one attached hydrogen (secondary N) is 2. The monoisotopic (exact) mass is 339 g/mol. The van der Waals surface area contributed by atoms with Gasteiger partial charge in [-0.1, -0.05) is 31.0 Å². The van der Waals surface area contributed by atoms with Gasteiger partial charge >= 0.3 is 0 Å². The van der Waals surface area contributed by atoms with Crippen molar-refractivity contribution in [2.45, 2.75) is 46.1 Å². The average molecular weight is 339 g/mol. The van der Waals surface area contributed by atoms with E-state index in [9.17, 15) is 0 Å². The third-order valence-corrected chi connectivity index (χ3v) is 4.68. The molecule has 0 atom stereocenters. The van der Waals surface area contributed by atoms with Crippen LogP contribution >= 0.6 is 0 Å². The van der Waals surface area contributed by atoms with Crippen LogP contribution in [0, 0.1) is 19.8 Å². The lowest BCUT2D eigenvalue weighted by atomic mass is 10.1. The molecule has 1 heterocycles. The smallest absolute Gasteiger partial charge is 0.191 e. The molecule has 0 spiro atoms. The summed E-state index contributed by atoms with van der Waals surface area (Å²) in [4.78, 5) is 4.33. The molecular formula is C20H29N5. The van der Waals surface area contributed by atoms with E-state index in [4.69, 9.17) is 0 Å². The van der Waals surface area contributed by atoms with Crippen LogP contribution in [0.4, 0.5) is 0 Å². The van der Waals surface area contributed by atoms with Gasteiger partial charge in [-0.2, -0.15) is 5.10 Å². The molecule has 134 valence electrons. The zero-order chi connectivity index (χ0) is 17.6. The lowest BCUT2D eigenvalue weighted by Crippen LogP contribution is -2.37. The topological polar surface area (TPSA) is 54.2 Å². The van der Waals surface area contributed by atoms with Crippen LogP contribution in [0.3, 0.4) is 0 Å². The molecule has 2 aromatic rings. The van der Waals surface area contributed by atoms with Crippen LogP contribution in [-0.4, -0.2) is 29.3 Å². The van der Waals surface area contributed by atoms with Gasteiger partial charge in [0, 0.05) is 25.8 Å². The van der Waals surface area contributed by atoms with Crippen molar-refractivity contribution >= 4 is 5.96 Å². The number of para-hydroxylation sites is 1. The number of rotatable bonds is 7. The highest BCUT2D eigenvalue weighted by Crippen LogP contribution is 2.33. The summed E-state index contributed by atoms with van der Waals surface area (Å²) in [5, 5.41) is 11.5. The lowest BCUT2D eigenvalue weighted by molar-refractivity contribution is 0.644. The fourth-order valence-corrected chi connectivity index (χ4v) is 3.14. The van der Waals surface area contributed by atoms with Gasteiger partial charge in [-0.3, -0.25) is 4.99 Å². The minimum atomic E-state index is 0.719. The van der Waals surface area contributed by atoms with Crippen molar-refractivity contribution in [3.05, 3.63) is 47.3 Å². The van der Waals surface area contributed by atoms with Gasteiger partial charge in [-0.15, -0.1) is 0 Å². The Morgan fingerprint density at radius 3 is 2.72 bits per heavy atom. The minimum absolute atomic E-state index is 0.719. The van der Waals surface area contributed by atoms with E-state index in [1.54, 1.807) is 0 Å². The van der Waals surface area contributed by atoms with E-state index >= 15 is 0 Å². The Hall–Kier alpha value is -2.30. The third-order valence-electron chi connectivity index (χ3n) is 4.68. The Morgan fingerprint density at radius 2 is 2.04 bits per heavy atom. The van der Waals surface area contributed by atoms with Crippen molar-refractivity contribution in [2.75, 3.05) is 13.6 Å². The summed E-state index contributed by atoms with van der Waals surface area (Å²) in [5.41, 5.74) is 4.50. The fraction of sp³-hybridized carbons (Fsp3) is 0.500. The van der Waals surface area contributed by atoms with Crippen LogP contribution in [0.15, 0.2) is 35.3 Å². The molecule has 1 saturated carbocycles. The first kappa shape index (κ1) is 17.5. The largest absolute Gasteiger partial charge is 0.356 e. The van der Waals surface area contributed by atoms with Gasteiger partial charge in [0.2, 0.25) is 0 Å². The molecule has 0 bridgehead atoms. The summed E-state index contributed by atoms with van der Waals surface area (Å²) >= 11 is 0. The van der Waals surface area contributed by atoms with E-state index in [-0.39, 0.29) is 0 Å². The van der Waals surface area contributed by atoms with Crippen molar-refractivity contribution in [1.82, 2.24) is 20.4 Å². The van der Waals surface area contributed by atoms with Gasteiger partial charge in [0.25, 0.3) is 0 Å². The molecule has 1 aliphatic carbocycles. The Kier molecular flexibility index (Phi) is 5.74. The Labute approximate surface area is 150 Å². The standard InChI is InChI=1S/C20H29N5/c1-15-13-16(2)25(24-15)19-9-5-4-8-18(19)14-23-20(21-3)22-12-6-7-17-10-11-17/h4-5,8-9,13,17H,6-7,10-12,14H2,1-3H3,(H2,21,22,23). The second-order valence-electron chi connectivity index (χ2n) is 6.91. The highest BCUT2D eigenvalue weighted by atomic mass is 15.3. The molecule has 1 aromatic carbocycles. The van der Waals surface area contributed by atoms with E-state index in [0.717, 1.165) is 42.0 Å². The maximum absolute atomic E-state index is 4.61. The summed E-state index contributed by atoms with van der Waals surface area (Å²) in [6, 6.07) is 10.5. The second-order valence-corrected chi connectivity index (χ2v) is 6.91. The van der Waals surface area contributed by atoms with Crippen molar-refractivity contribution < 1.29 is 0 Å². The van der Waals surface area contributed by atoms with E-state index in [0.29, 0.717) is 0 Å². The number of hydrogen-bond donors (Lipinski definition) is 2. The van der Waals surface area contributed by atoms with E-state index in [1.165, 1.54) is 31.2 Å². The molecule has 2 N–H and O–H groups in total. The Morgan fingerprint density at radius 1 is 1.24 bits per heavy atom. The number of aryl methyl sites for hydroxylation is 2. The first-order chi connectivity index (χ1) is 12.2. The van der Waals surface area contributed by atoms with Gasteiger partial charge in [0.1, 0.15) is 0 Å². The highest BCUT2D eigenvalue weighted by Gasteiger charge is 2.20. The van der Waals surface area contributed by atoms with Crippen LogP contribution in [0.25, 0.3) is 5.69 Å². The predicted molar refractivity (Wildman–Crippen MR) is 103 cm³/mol. The average Bonchev–Trinajstić information content (AvgIpc) is 3.37. The molecule has 5 heteroatoms. The molecule has 0 radical (unpaired) electrons. The van der Waals surface area contributed by atoms with Crippen LogP contribution < -0.4 is 10.6 Å². The van der Waals surface area contributed by atoms with E-state index < -0.39 is 0 Å². The van der Waals surface area contributed by atoms with Crippen molar-refractivity contribution in [3.63, 3.8) is 0 Å². The van der Waals surface area contributed by atoms with Crippen LogP contribution in [0.1, 0.15) is 42.6 Å². The zero-order valence-corrected chi connectivity index (χ0v) is 15.5. The lowest BCUT2D eigenvalue weighted by Gasteiger charge is -2.15. The first-order valence-corrected chi connectivity index (χ1v) is 9.23. The Bertz CT molecular complexity index is 727. The summed E-state index contributed by atoms with van der Waals surface area (Å²) in [6.07, 6.45) is 5.41. The molecule has 0 unspecified atom stereocenters. The normalized spacial score (nSPS) is 14.6. The van der Waals surface area contributed by atoms with Gasteiger partial charge in [-0.05, 0) is 50.3 Å². The molecular weight excluding hydrogens is 310 g/mol. The first-order valence-electron chi connectivity index (χ1n) is 9.23. The molecule has 25 heavy (non-hydrogen) atoms. The number of guanidine groups is 1. The van der Waals surface area contributed by atoms with Crippen molar-refractivity contribution in [2.24, 2.45) is 10.9 Å². The quantitative estimate of drug-likeness (QED) is 0.462. The molecule has 1 aliphatic rings. The molecule has 0 aliphatic heterocycles. The highest BCUT2D eigenvalue weighted by molar-refractivity contribution is 5.79. The molecule has 0 saturated heterocycles. The second kappa shape index (κ2) is 8.19. The van der Waals surface area contributed by atoms with Crippen molar-refractivity contribution in [1.29, 1.82) is 0 Å². The SMILES string of the molecule is CN=C(NCCCC1CC1)NCc1ccccc1-n1nc(C)cc1C. The van der Waals surface area contributed by atoms with Gasteiger partial charge in [0.05, 0.1) is 11.4 Å². The van der Waals surface area contributed by atoms with Gasteiger partial charge in [0.15, 0.2) is 5.96 Å². The summed E-state index contributed by atoms with van der Waals surface area (Å²) < 4.78 is 2.01. The maximum atomic E-state index is 4.61. The minimum Gasteiger partial charge on any atom is -0.356 e. The summed E-state index contributed by atoms with van der Waals surface area (Å²) in [7, 11) is 1.82. The van der Waals surface area contributed by atoms with E-state index in [1.807, 2.05) is 18.7 Å². The number of benzene rings is 1. The van der Waals surface area contributed by atoms with Gasteiger partial charge in [-0.25, -0.2) is 4.68 Å². The van der Waals surface area contributed by atoms with Crippen LogP contribution in [0.2, 0.25) is 0 Å². The molecule has 0 amide bonds. The van der Waals surface area contributed by atoms with Gasteiger partial charge < -0.3 is 10.6 Å². The number of aromatic nitrogens is 2.